The predicted molar refractivity (Wildman–Crippen MR) is 65.8 cm³/mol. The first-order valence-corrected chi connectivity index (χ1v) is 6.89. The van der Waals surface area contributed by atoms with E-state index in [0.717, 1.165) is 4.90 Å². The van der Waals surface area contributed by atoms with Gasteiger partial charge in [0.1, 0.15) is 11.9 Å². The molecule has 0 spiro atoms. The van der Waals surface area contributed by atoms with Crippen LogP contribution in [0.15, 0.2) is 0 Å². The van der Waals surface area contributed by atoms with Gasteiger partial charge < -0.3 is 9.84 Å². The summed E-state index contributed by atoms with van der Waals surface area (Å²) in [5.41, 5.74) is 0. The van der Waals surface area contributed by atoms with E-state index in [4.69, 9.17) is 4.74 Å². The summed E-state index contributed by atoms with van der Waals surface area (Å²) in [6.07, 6.45) is 0.341. The van der Waals surface area contributed by atoms with E-state index in [9.17, 15) is 14.7 Å². The monoisotopic (exact) mass is 261 g/mol. The Morgan fingerprint density at radius 1 is 1.53 bits per heavy atom. The fraction of sp³-hybridized carbons (Fsp3) is 0.818. The largest absolute Gasteiger partial charge is 0.447 e. The Balaban J connectivity index is 2.88. The molecular weight excluding hydrogens is 242 g/mol. The van der Waals surface area contributed by atoms with Crippen molar-refractivity contribution in [3.8, 4) is 0 Å². The van der Waals surface area contributed by atoms with E-state index in [1.807, 2.05) is 13.8 Å². The maximum atomic E-state index is 12.2. The third-order valence-corrected chi connectivity index (χ3v) is 3.95. The van der Waals surface area contributed by atoms with E-state index in [2.05, 4.69) is 0 Å². The maximum absolute atomic E-state index is 12.2. The number of aliphatic hydroxyl groups is 1. The van der Waals surface area contributed by atoms with Crippen LogP contribution in [0.4, 0.5) is 4.79 Å². The summed E-state index contributed by atoms with van der Waals surface area (Å²) >= 11 is 1.24. The second-order valence-electron chi connectivity index (χ2n) is 4.49. The SMILES string of the molecule is CS[C@H](C(=O)N1C(=O)OC[C@@H]1C(C)C)[C@@H](C)O. The molecule has 1 N–H and O–H groups in total. The molecule has 6 heteroatoms. The number of aliphatic hydroxyl groups excluding tert-OH is 1. The Bertz CT molecular complexity index is 306. The van der Waals surface area contributed by atoms with E-state index in [1.165, 1.54) is 11.8 Å². The maximum Gasteiger partial charge on any atom is 0.417 e. The van der Waals surface area contributed by atoms with Crippen molar-refractivity contribution in [3.05, 3.63) is 0 Å². The molecule has 98 valence electrons. The molecule has 0 aromatic rings. The topological polar surface area (TPSA) is 66.8 Å². The van der Waals surface area contributed by atoms with Crippen molar-refractivity contribution in [2.24, 2.45) is 5.92 Å². The summed E-state index contributed by atoms with van der Waals surface area (Å²) < 4.78 is 4.91. The molecule has 0 bridgehead atoms. The summed E-state index contributed by atoms with van der Waals surface area (Å²) in [5.74, 6) is -0.226. The molecule has 1 aliphatic heterocycles. The van der Waals surface area contributed by atoms with Gasteiger partial charge in [-0.05, 0) is 19.1 Å². The van der Waals surface area contributed by atoms with Crippen LogP contribution < -0.4 is 0 Å². The Morgan fingerprint density at radius 2 is 2.12 bits per heavy atom. The normalized spacial score (nSPS) is 23.8. The highest BCUT2D eigenvalue weighted by molar-refractivity contribution is 8.00. The van der Waals surface area contributed by atoms with E-state index in [1.54, 1.807) is 13.2 Å². The van der Waals surface area contributed by atoms with Crippen LogP contribution >= 0.6 is 11.8 Å². The number of carbonyl (C=O) groups excluding carboxylic acids is 2. The lowest BCUT2D eigenvalue weighted by Gasteiger charge is -2.27. The molecule has 2 amide bonds. The van der Waals surface area contributed by atoms with Gasteiger partial charge in [0.05, 0.1) is 12.1 Å². The predicted octanol–water partition coefficient (Wildman–Crippen LogP) is 1.10. The van der Waals surface area contributed by atoms with Gasteiger partial charge in [-0.1, -0.05) is 13.8 Å². The van der Waals surface area contributed by atoms with Crippen molar-refractivity contribution in [3.63, 3.8) is 0 Å². The third-order valence-electron chi connectivity index (χ3n) is 2.85. The van der Waals surface area contributed by atoms with Crippen LogP contribution in [0.5, 0.6) is 0 Å². The zero-order chi connectivity index (χ0) is 13.2. The first-order chi connectivity index (χ1) is 7.90. The summed E-state index contributed by atoms with van der Waals surface area (Å²) in [6, 6.07) is -0.233. The minimum Gasteiger partial charge on any atom is -0.447 e. The van der Waals surface area contributed by atoms with E-state index in [0.29, 0.717) is 0 Å². The molecule has 1 fully saturated rings. The molecule has 3 atom stereocenters. The molecule has 0 aliphatic carbocycles. The quantitative estimate of drug-likeness (QED) is 0.821. The van der Waals surface area contributed by atoms with Gasteiger partial charge in [0.25, 0.3) is 0 Å². The minimum absolute atomic E-state index is 0.141. The van der Waals surface area contributed by atoms with Crippen molar-refractivity contribution in [2.75, 3.05) is 12.9 Å². The fourth-order valence-electron chi connectivity index (χ4n) is 1.82. The first-order valence-electron chi connectivity index (χ1n) is 5.60. The highest BCUT2D eigenvalue weighted by atomic mass is 32.2. The smallest absolute Gasteiger partial charge is 0.417 e. The number of amides is 2. The first kappa shape index (κ1) is 14.3. The molecule has 0 radical (unpaired) electrons. The van der Waals surface area contributed by atoms with Crippen LogP contribution in [0.25, 0.3) is 0 Å². The Morgan fingerprint density at radius 3 is 2.53 bits per heavy atom. The lowest BCUT2D eigenvalue weighted by molar-refractivity contribution is -0.130. The number of carbonyl (C=O) groups is 2. The number of imide groups is 1. The average molecular weight is 261 g/mol. The van der Waals surface area contributed by atoms with Gasteiger partial charge in [-0.25, -0.2) is 9.69 Å². The Hall–Kier alpha value is -0.750. The molecule has 0 aromatic heterocycles. The molecule has 0 unspecified atom stereocenters. The van der Waals surface area contributed by atoms with E-state index in [-0.39, 0.29) is 24.5 Å². The number of thioether (sulfide) groups is 1. The summed E-state index contributed by atoms with van der Waals surface area (Å²) in [5, 5.41) is 8.91. The van der Waals surface area contributed by atoms with Crippen LogP contribution in [0.1, 0.15) is 20.8 Å². The number of hydrogen-bond donors (Lipinski definition) is 1. The second-order valence-corrected chi connectivity index (χ2v) is 5.47. The van der Waals surface area contributed by atoms with Crippen LogP contribution in [0.3, 0.4) is 0 Å². The van der Waals surface area contributed by atoms with Gasteiger partial charge in [-0.2, -0.15) is 0 Å². The number of nitrogens with zero attached hydrogens (tertiary/aromatic N) is 1. The third kappa shape index (κ3) is 2.93. The molecule has 1 heterocycles. The van der Waals surface area contributed by atoms with Crippen molar-refractivity contribution in [1.29, 1.82) is 0 Å². The van der Waals surface area contributed by atoms with Crippen molar-refractivity contribution < 1.29 is 19.4 Å². The van der Waals surface area contributed by atoms with Gasteiger partial charge in [0, 0.05) is 0 Å². The summed E-state index contributed by atoms with van der Waals surface area (Å²) in [6.45, 7) is 5.65. The second kappa shape index (κ2) is 5.73. The lowest BCUT2D eigenvalue weighted by Crippen LogP contribution is -2.48. The molecule has 1 rings (SSSR count). The number of ether oxygens (including phenoxy) is 1. The molecular formula is C11H19NO4S. The highest BCUT2D eigenvalue weighted by Gasteiger charge is 2.42. The molecule has 1 saturated heterocycles. The van der Waals surface area contributed by atoms with Gasteiger partial charge >= 0.3 is 6.09 Å². The summed E-state index contributed by atoms with van der Waals surface area (Å²) in [4.78, 5) is 24.9. The van der Waals surface area contributed by atoms with Gasteiger partial charge in [-0.15, -0.1) is 11.8 Å². The van der Waals surface area contributed by atoms with Crippen LogP contribution in [-0.2, 0) is 9.53 Å². The van der Waals surface area contributed by atoms with Gasteiger partial charge in [-0.3, -0.25) is 4.79 Å². The van der Waals surface area contributed by atoms with Crippen LogP contribution in [0, 0.1) is 5.92 Å². The molecule has 17 heavy (non-hydrogen) atoms. The summed E-state index contributed by atoms with van der Waals surface area (Å²) in [7, 11) is 0. The average Bonchev–Trinajstić information content (AvgIpc) is 2.60. The van der Waals surface area contributed by atoms with Crippen molar-refractivity contribution >= 4 is 23.8 Å². The molecule has 0 aromatic carbocycles. The van der Waals surface area contributed by atoms with Gasteiger partial charge in [0.15, 0.2) is 0 Å². The Labute approximate surface area is 105 Å². The number of hydrogen-bond acceptors (Lipinski definition) is 5. The number of cyclic esters (lactones) is 1. The van der Waals surface area contributed by atoms with E-state index >= 15 is 0 Å². The van der Waals surface area contributed by atoms with E-state index < -0.39 is 17.4 Å². The van der Waals surface area contributed by atoms with Crippen LogP contribution in [0.2, 0.25) is 0 Å². The molecule has 0 saturated carbocycles. The standard InChI is InChI=1S/C11H19NO4S/c1-6(2)8-5-16-11(15)12(8)10(14)9(17-4)7(3)13/h6-9,13H,5H2,1-4H3/t7-,8-,9+/m1/s1. The van der Waals surface area contributed by atoms with Crippen LogP contribution in [-0.4, -0.2) is 52.3 Å². The van der Waals surface area contributed by atoms with Crippen molar-refractivity contribution in [2.45, 2.75) is 38.2 Å². The lowest BCUT2D eigenvalue weighted by atomic mass is 10.0. The zero-order valence-electron chi connectivity index (χ0n) is 10.5. The zero-order valence-corrected chi connectivity index (χ0v) is 11.4. The molecule has 1 aliphatic rings. The molecule has 5 nitrogen and oxygen atoms in total. The minimum atomic E-state index is -0.793. The Kier molecular flexibility index (Phi) is 4.82. The van der Waals surface area contributed by atoms with Crippen molar-refractivity contribution in [1.82, 2.24) is 4.90 Å². The van der Waals surface area contributed by atoms with Gasteiger partial charge in [0.2, 0.25) is 5.91 Å². The number of rotatable bonds is 4. The fourth-order valence-corrected chi connectivity index (χ4v) is 2.53. The highest BCUT2D eigenvalue weighted by Crippen LogP contribution is 2.24.